The second kappa shape index (κ2) is 8.86. The summed E-state index contributed by atoms with van der Waals surface area (Å²) in [6.07, 6.45) is 5.09. The number of rotatable bonds is 9. The molecule has 0 radical (unpaired) electrons. The Morgan fingerprint density at radius 1 is 1.04 bits per heavy atom. The zero-order chi connectivity index (χ0) is 17.4. The number of unbranched alkanes of at least 4 members (excludes halogenated alkanes) is 3. The van der Waals surface area contributed by atoms with Gasteiger partial charge in [0.25, 0.3) is 0 Å². The molecule has 1 aromatic carbocycles. The minimum absolute atomic E-state index is 0.0522. The van der Waals surface area contributed by atoms with E-state index in [1.807, 2.05) is 12.1 Å². The largest absolute Gasteiger partial charge is 0.481 e. The maximum atomic E-state index is 12.0. The Hall–Kier alpha value is -2.63. The Labute approximate surface area is 140 Å². The summed E-state index contributed by atoms with van der Waals surface area (Å²) in [5.41, 5.74) is 0.692. The van der Waals surface area contributed by atoms with Crippen molar-refractivity contribution in [2.75, 3.05) is 6.54 Å². The van der Waals surface area contributed by atoms with Crippen molar-refractivity contribution >= 4 is 22.8 Å². The molecule has 0 atom stereocenters. The first-order valence-corrected chi connectivity index (χ1v) is 8.14. The predicted octanol–water partition coefficient (Wildman–Crippen LogP) is 2.15. The molecular formula is C18H22N2O4. The van der Waals surface area contributed by atoms with Gasteiger partial charge in [-0.25, -0.2) is 0 Å². The number of fused-ring (bicyclic) bond motifs is 1. The normalized spacial score (nSPS) is 10.7. The minimum atomic E-state index is -0.767. The van der Waals surface area contributed by atoms with Crippen LogP contribution >= 0.6 is 0 Å². The highest BCUT2D eigenvalue weighted by molar-refractivity contribution is 5.82. The molecule has 0 fully saturated rings. The highest BCUT2D eigenvalue weighted by Crippen LogP contribution is 2.09. The van der Waals surface area contributed by atoms with Crippen LogP contribution in [0.2, 0.25) is 0 Å². The number of hydrogen-bond donors (Lipinski definition) is 2. The third-order valence-electron chi connectivity index (χ3n) is 3.84. The quantitative estimate of drug-likeness (QED) is 0.690. The SMILES string of the molecule is O=C(O)CCCCCCNC(=O)Cn1ccc(=O)c2ccccc21. The molecule has 0 aliphatic rings. The van der Waals surface area contributed by atoms with Crippen molar-refractivity contribution in [3.63, 3.8) is 0 Å². The van der Waals surface area contributed by atoms with Gasteiger partial charge in [0.15, 0.2) is 5.43 Å². The number of aromatic nitrogens is 1. The number of carbonyl (C=O) groups is 2. The second-order valence-corrected chi connectivity index (χ2v) is 5.73. The lowest BCUT2D eigenvalue weighted by atomic mass is 10.1. The van der Waals surface area contributed by atoms with E-state index in [2.05, 4.69) is 5.32 Å². The van der Waals surface area contributed by atoms with Crippen LogP contribution in [0.5, 0.6) is 0 Å². The van der Waals surface area contributed by atoms with Crippen LogP contribution in [0.25, 0.3) is 10.9 Å². The van der Waals surface area contributed by atoms with Crippen LogP contribution in [0.3, 0.4) is 0 Å². The zero-order valence-corrected chi connectivity index (χ0v) is 13.5. The molecule has 6 nitrogen and oxygen atoms in total. The van der Waals surface area contributed by atoms with Crippen LogP contribution in [0.4, 0.5) is 0 Å². The van der Waals surface area contributed by atoms with Gasteiger partial charge in [0.05, 0.1) is 5.52 Å². The van der Waals surface area contributed by atoms with Gasteiger partial charge in [0.1, 0.15) is 6.54 Å². The molecule has 2 aromatic rings. The van der Waals surface area contributed by atoms with Gasteiger partial charge in [-0.05, 0) is 25.0 Å². The summed E-state index contributed by atoms with van der Waals surface area (Å²) in [4.78, 5) is 34.2. The number of benzene rings is 1. The van der Waals surface area contributed by atoms with Crippen molar-refractivity contribution < 1.29 is 14.7 Å². The Morgan fingerprint density at radius 2 is 1.79 bits per heavy atom. The first-order chi connectivity index (χ1) is 11.6. The van der Waals surface area contributed by atoms with Gasteiger partial charge in [0, 0.05) is 30.6 Å². The van der Waals surface area contributed by atoms with E-state index in [0.29, 0.717) is 18.4 Å². The minimum Gasteiger partial charge on any atom is -0.481 e. The number of carbonyl (C=O) groups excluding carboxylic acids is 1. The Balaban J connectivity index is 1.78. The van der Waals surface area contributed by atoms with Gasteiger partial charge in [0.2, 0.25) is 5.91 Å². The molecule has 0 saturated heterocycles. The van der Waals surface area contributed by atoms with Gasteiger partial charge in [-0.15, -0.1) is 0 Å². The van der Waals surface area contributed by atoms with Gasteiger partial charge in [-0.2, -0.15) is 0 Å². The molecule has 0 spiro atoms. The van der Waals surface area contributed by atoms with Crippen LogP contribution < -0.4 is 10.7 Å². The standard InChI is InChI=1S/C18H22N2O4/c21-16-10-12-20(15-8-5-4-7-14(15)16)13-17(22)19-11-6-2-1-3-9-18(23)24/h4-5,7-8,10,12H,1-3,6,9,11,13H2,(H,19,22)(H,23,24). The molecule has 0 saturated carbocycles. The lowest BCUT2D eigenvalue weighted by Gasteiger charge is -2.11. The summed E-state index contributed by atoms with van der Waals surface area (Å²) >= 11 is 0. The number of carboxylic acid groups (broad SMARTS) is 1. The molecule has 1 heterocycles. The van der Waals surface area contributed by atoms with Crippen molar-refractivity contribution in [2.45, 2.75) is 38.6 Å². The third kappa shape index (κ3) is 5.22. The summed E-state index contributed by atoms with van der Waals surface area (Å²) in [7, 11) is 0. The third-order valence-corrected chi connectivity index (χ3v) is 3.84. The fourth-order valence-corrected chi connectivity index (χ4v) is 2.59. The molecule has 0 aliphatic carbocycles. The number of amides is 1. The highest BCUT2D eigenvalue weighted by Gasteiger charge is 2.06. The van der Waals surface area contributed by atoms with Crippen LogP contribution in [0.1, 0.15) is 32.1 Å². The Morgan fingerprint density at radius 3 is 2.58 bits per heavy atom. The van der Waals surface area contributed by atoms with E-state index in [0.717, 1.165) is 24.8 Å². The fraction of sp³-hybridized carbons (Fsp3) is 0.389. The molecule has 128 valence electrons. The van der Waals surface area contributed by atoms with Crippen molar-refractivity contribution in [1.82, 2.24) is 9.88 Å². The average molecular weight is 330 g/mol. The molecule has 0 unspecified atom stereocenters. The van der Waals surface area contributed by atoms with E-state index >= 15 is 0 Å². The van der Waals surface area contributed by atoms with Crippen LogP contribution in [0.15, 0.2) is 41.3 Å². The summed E-state index contributed by atoms with van der Waals surface area (Å²) in [6, 6.07) is 8.69. The molecule has 2 rings (SSSR count). The Bertz CT molecular complexity index is 767. The fourth-order valence-electron chi connectivity index (χ4n) is 2.59. The van der Waals surface area contributed by atoms with Gasteiger partial charge < -0.3 is 15.0 Å². The van der Waals surface area contributed by atoms with Crippen LogP contribution in [-0.2, 0) is 16.1 Å². The summed E-state index contributed by atoms with van der Waals surface area (Å²) < 4.78 is 1.76. The number of carboxylic acids is 1. The van der Waals surface area contributed by atoms with E-state index in [4.69, 9.17) is 5.11 Å². The van der Waals surface area contributed by atoms with E-state index < -0.39 is 5.97 Å². The summed E-state index contributed by atoms with van der Waals surface area (Å²) in [5, 5.41) is 12.0. The number of nitrogens with one attached hydrogen (secondary N) is 1. The van der Waals surface area contributed by atoms with Crippen molar-refractivity contribution in [1.29, 1.82) is 0 Å². The van der Waals surface area contributed by atoms with E-state index in [1.54, 1.807) is 22.9 Å². The molecule has 0 bridgehead atoms. The van der Waals surface area contributed by atoms with E-state index in [1.165, 1.54) is 6.07 Å². The molecule has 1 amide bonds. The van der Waals surface area contributed by atoms with Gasteiger partial charge in [-0.3, -0.25) is 14.4 Å². The van der Waals surface area contributed by atoms with Crippen LogP contribution in [-0.4, -0.2) is 28.1 Å². The van der Waals surface area contributed by atoms with Gasteiger partial charge >= 0.3 is 5.97 Å². The molecular weight excluding hydrogens is 308 g/mol. The Kier molecular flexibility index (Phi) is 6.54. The van der Waals surface area contributed by atoms with Crippen molar-refractivity contribution in [3.05, 3.63) is 46.8 Å². The maximum Gasteiger partial charge on any atom is 0.303 e. The number of aliphatic carboxylic acids is 1. The van der Waals surface area contributed by atoms with E-state index in [-0.39, 0.29) is 24.3 Å². The lowest BCUT2D eigenvalue weighted by Crippen LogP contribution is -2.28. The topological polar surface area (TPSA) is 88.4 Å². The summed E-state index contributed by atoms with van der Waals surface area (Å²) in [6.45, 7) is 0.740. The number of pyridine rings is 1. The molecule has 1 aromatic heterocycles. The van der Waals surface area contributed by atoms with E-state index in [9.17, 15) is 14.4 Å². The zero-order valence-electron chi connectivity index (χ0n) is 13.5. The smallest absolute Gasteiger partial charge is 0.303 e. The monoisotopic (exact) mass is 330 g/mol. The number of para-hydroxylation sites is 1. The van der Waals surface area contributed by atoms with Gasteiger partial charge in [-0.1, -0.05) is 25.0 Å². The molecule has 2 N–H and O–H groups in total. The predicted molar refractivity (Wildman–Crippen MR) is 91.9 cm³/mol. The lowest BCUT2D eigenvalue weighted by molar-refractivity contribution is -0.137. The summed E-state index contributed by atoms with van der Waals surface area (Å²) in [5.74, 6) is -0.869. The van der Waals surface area contributed by atoms with Crippen LogP contribution in [0, 0.1) is 0 Å². The number of nitrogens with zero attached hydrogens (tertiary/aromatic N) is 1. The molecule has 6 heteroatoms. The number of hydrogen-bond acceptors (Lipinski definition) is 3. The van der Waals surface area contributed by atoms with Crippen molar-refractivity contribution in [3.8, 4) is 0 Å². The molecule has 24 heavy (non-hydrogen) atoms. The maximum absolute atomic E-state index is 12.0. The first kappa shape index (κ1) is 17.7. The first-order valence-electron chi connectivity index (χ1n) is 8.14. The second-order valence-electron chi connectivity index (χ2n) is 5.73. The molecule has 0 aliphatic heterocycles. The average Bonchev–Trinajstić information content (AvgIpc) is 2.56. The highest BCUT2D eigenvalue weighted by atomic mass is 16.4. The van der Waals surface area contributed by atoms with Crippen molar-refractivity contribution in [2.24, 2.45) is 0 Å².